The molecule has 98 valence electrons. The molecular weight excluding hydrogens is 310 g/mol. The second kappa shape index (κ2) is 4.85. The van der Waals surface area contributed by atoms with E-state index in [2.05, 4.69) is 50.7 Å². The van der Waals surface area contributed by atoms with Gasteiger partial charge in [-0.3, -0.25) is 4.40 Å². The van der Waals surface area contributed by atoms with Gasteiger partial charge in [0, 0.05) is 29.5 Å². The maximum atomic E-state index is 4.83. The lowest BCUT2D eigenvalue weighted by Gasteiger charge is -2.37. The number of imidazole rings is 1. The lowest BCUT2D eigenvalue weighted by molar-refractivity contribution is 0.388. The molecule has 2 aromatic rings. The fourth-order valence-corrected chi connectivity index (χ4v) is 4.01. The highest BCUT2D eigenvalue weighted by Gasteiger charge is 2.27. The van der Waals surface area contributed by atoms with Crippen molar-refractivity contribution in [3.63, 3.8) is 0 Å². The highest BCUT2D eigenvalue weighted by atomic mass is 79.9. The quantitative estimate of drug-likeness (QED) is 0.779. The lowest BCUT2D eigenvalue weighted by atomic mass is 9.95. The van der Waals surface area contributed by atoms with Gasteiger partial charge < -0.3 is 4.90 Å². The molecule has 0 amide bonds. The minimum Gasteiger partial charge on any atom is -0.352 e. The molecule has 1 aliphatic rings. The summed E-state index contributed by atoms with van der Waals surface area (Å²) in [5.41, 5.74) is 1.28. The second-order valence-electron chi connectivity index (χ2n) is 5.26. The van der Waals surface area contributed by atoms with Crippen molar-refractivity contribution in [3.05, 3.63) is 17.3 Å². The van der Waals surface area contributed by atoms with Crippen molar-refractivity contribution >= 4 is 38.0 Å². The first-order valence-electron chi connectivity index (χ1n) is 6.47. The molecule has 1 fully saturated rings. The monoisotopic (exact) mass is 327 g/mol. The second-order valence-corrected chi connectivity index (χ2v) is 6.69. The van der Waals surface area contributed by atoms with Crippen LogP contribution in [0.15, 0.2) is 11.6 Å². The molecule has 1 aliphatic heterocycles. The summed E-state index contributed by atoms with van der Waals surface area (Å²) in [6, 6.07) is 0.601. The SMILES string of the molecule is CC1CCC(C)N(c2nc3sccn3c2CBr)C1. The van der Waals surface area contributed by atoms with Crippen molar-refractivity contribution < 1.29 is 0 Å². The Bertz CT molecular complexity index is 547. The molecule has 2 aromatic heterocycles. The predicted molar refractivity (Wildman–Crippen MR) is 80.9 cm³/mol. The van der Waals surface area contributed by atoms with E-state index < -0.39 is 0 Å². The maximum absolute atomic E-state index is 4.83. The van der Waals surface area contributed by atoms with Crippen LogP contribution in [0.4, 0.5) is 5.82 Å². The van der Waals surface area contributed by atoms with Crippen LogP contribution in [0.25, 0.3) is 4.96 Å². The molecule has 18 heavy (non-hydrogen) atoms. The minimum atomic E-state index is 0.601. The van der Waals surface area contributed by atoms with E-state index in [4.69, 9.17) is 4.98 Å². The van der Waals surface area contributed by atoms with Gasteiger partial charge in [-0.1, -0.05) is 22.9 Å². The summed E-state index contributed by atoms with van der Waals surface area (Å²) in [6.07, 6.45) is 4.72. The largest absolute Gasteiger partial charge is 0.352 e. The Labute approximate surface area is 120 Å². The van der Waals surface area contributed by atoms with Crippen LogP contribution in [0.2, 0.25) is 0 Å². The van der Waals surface area contributed by atoms with Crippen LogP contribution < -0.4 is 4.90 Å². The van der Waals surface area contributed by atoms with Crippen molar-refractivity contribution in [1.82, 2.24) is 9.38 Å². The molecule has 3 nitrogen and oxygen atoms in total. The third kappa shape index (κ3) is 1.97. The van der Waals surface area contributed by atoms with Crippen molar-refractivity contribution in [3.8, 4) is 0 Å². The normalized spacial score (nSPS) is 24.9. The summed E-state index contributed by atoms with van der Waals surface area (Å²) >= 11 is 5.32. The molecule has 0 aromatic carbocycles. The van der Waals surface area contributed by atoms with E-state index in [1.165, 1.54) is 24.4 Å². The summed E-state index contributed by atoms with van der Waals surface area (Å²) in [7, 11) is 0. The summed E-state index contributed by atoms with van der Waals surface area (Å²) < 4.78 is 2.21. The highest BCUT2D eigenvalue weighted by Crippen LogP contribution is 2.32. The number of rotatable bonds is 2. The van der Waals surface area contributed by atoms with Gasteiger partial charge in [-0.05, 0) is 25.7 Å². The van der Waals surface area contributed by atoms with Gasteiger partial charge in [0.2, 0.25) is 0 Å². The van der Waals surface area contributed by atoms with Gasteiger partial charge in [-0.2, -0.15) is 0 Å². The predicted octanol–water partition coefficient (Wildman–Crippen LogP) is 3.92. The molecule has 2 unspecified atom stereocenters. The number of alkyl halides is 1. The summed E-state index contributed by atoms with van der Waals surface area (Å²) in [6.45, 7) is 5.79. The Hall–Kier alpha value is -0.550. The molecule has 0 radical (unpaired) electrons. The van der Waals surface area contributed by atoms with Crippen molar-refractivity contribution in [1.29, 1.82) is 0 Å². The van der Waals surface area contributed by atoms with Gasteiger partial charge in [-0.25, -0.2) is 4.98 Å². The number of fused-ring (bicyclic) bond motifs is 1. The van der Waals surface area contributed by atoms with Gasteiger partial charge in [0.1, 0.15) is 0 Å². The third-order valence-electron chi connectivity index (χ3n) is 3.86. The van der Waals surface area contributed by atoms with Crippen LogP contribution in [0.3, 0.4) is 0 Å². The van der Waals surface area contributed by atoms with Gasteiger partial charge in [0.05, 0.1) is 5.69 Å². The van der Waals surface area contributed by atoms with Gasteiger partial charge in [-0.15, -0.1) is 11.3 Å². The number of anilines is 1. The topological polar surface area (TPSA) is 20.5 Å². The standard InChI is InChI=1S/C13H18BrN3S/c1-9-3-4-10(2)17(8-9)12-11(7-14)16-5-6-18-13(16)15-12/h5-6,9-10H,3-4,7-8H2,1-2H3. The maximum Gasteiger partial charge on any atom is 0.195 e. The van der Waals surface area contributed by atoms with Crippen LogP contribution in [0.1, 0.15) is 32.4 Å². The fourth-order valence-electron chi connectivity index (χ4n) is 2.76. The number of nitrogens with zero attached hydrogens (tertiary/aromatic N) is 3. The number of piperidine rings is 1. The average Bonchev–Trinajstić information content (AvgIpc) is 2.91. The number of hydrogen-bond acceptors (Lipinski definition) is 3. The van der Waals surface area contributed by atoms with Crippen molar-refractivity contribution in [2.45, 2.75) is 38.1 Å². The van der Waals surface area contributed by atoms with Crippen LogP contribution in [-0.2, 0) is 5.33 Å². The highest BCUT2D eigenvalue weighted by molar-refractivity contribution is 9.08. The first-order chi connectivity index (χ1) is 8.70. The summed E-state index contributed by atoms with van der Waals surface area (Å²) in [5, 5.41) is 2.96. The molecule has 2 atom stereocenters. The van der Waals surface area contributed by atoms with Crippen LogP contribution in [-0.4, -0.2) is 22.0 Å². The Balaban J connectivity index is 2.04. The molecule has 3 rings (SSSR count). The Morgan fingerprint density at radius 2 is 2.28 bits per heavy atom. The smallest absolute Gasteiger partial charge is 0.195 e. The molecule has 5 heteroatoms. The zero-order chi connectivity index (χ0) is 12.7. The Kier molecular flexibility index (Phi) is 3.36. The fraction of sp³-hybridized carbons (Fsp3) is 0.615. The molecular formula is C13H18BrN3S. The molecule has 0 N–H and O–H groups in total. The Morgan fingerprint density at radius 1 is 1.44 bits per heavy atom. The lowest BCUT2D eigenvalue weighted by Crippen LogP contribution is -2.41. The van der Waals surface area contributed by atoms with Gasteiger partial charge in [0.15, 0.2) is 10.8 Å². The number of aromatic nitrogens is 2. The van der Waals surface area contributed by atoms with Crippen molar-refractivity contribution in [2.75, 3.05) is 11.4 Å². The number of hydrogen-bond donors (Lipinski definition) is 0. The number of halogens is 1. The van der Waals surface area contributed by atoms with Gasteiger partial charge in [0.25, 0.3) is 0 Å². The minimum absolute atomic E-state index is 0.601. The van der Waals surface area contributed by atoms with Crippen LogP contribution >= 0.6 is 27.3 Å². The van der Waals surface area contributed by atoms with E-state index in [0.717, 1.165) is 22.8 Å². The first-order valence-corrected chi connectivity index (χ1v) is 8.48. The molecule has 0 saturated carbocycles. The van der Waals surface area contributed by atoms with Crippen molar-refractivity contribution in [2.24, 2.45) is 5.92 Å². The Morgan fingerprint density at radius 3 is 3.06 bits per heavy atom. The van der Waals surface area contributed by atoms with E-state index in [-0.39, 0.29) is 0 Å². The number of thiazole rings is 1. The molecule has 3 heterocycles. The molecule has 0 aliphatic carbocycles. The van der Waals surface area contributed by atoms with E-state index >= 15 is 0 Å². The van der Waals surface area contributed by atoms with E-state index in [1.807, 2.05) is 0 Å². The van der Waals surface area contributed by atoms with E-state index in [9.17, 15) is 0 Å². The van der Waals surface area contributed by atoms with Crippen LogP contribution in [0, 0.1) is 5.92 Å². The molecule has 0 bridgehead atoms. The third-order valence-corrected chi connectivity index (χ3v) is 5.14. The molecule has 0 spiro atoms. The first kappa shape index (κ1) is 12.5. The molecule has 1 saturated heterocycles. The van der Waals surface area contributed by atoms with Gasteiger partial charge >= 0.3 is 0 Å². The zero-order valence-corrected chi connectivity index (χ0v) is 13.2. The summed E-state index contributed by atoms with van der Waals surface area (Å²) in [5.74, 6) is 1.95. The van der Waals surface area contributed by atoms with E-state index in [0.29, 0.717) is 6.04 Å². The summed E-state index contributed by atoms with van der Waals surface area (Å²) in [4.78, 5) is 8.42. The zero-order valence-electron chi connectivity index (χ0n) is 10.8. The van der Waals surface area contributed by atoms with Crippen LogP contribution in [0.5, 0.6) is 0 Å². The van der Waals surface area contributed by atoms with E-state index in [1.54, 1.807) is 11.3 Å². The average molecular weight is 328 g/mol.